The van der Waals surface area contributed by atoms with Gasteiger partial charge in [0.05, 0.1) is 13.2 Å². The topological polar surface area (TPSA) is 54.2 Å². The van der Waals surface area contributed by atoms with E-state index in [-0.39, 0.29) is 6.61 Å². The molecule has 1 aromatic rings. The van der Waals surface area contributed by atoms with Crippen molar-refractivity contribution in [2.24, 2.45) is 5.92 Å². The summed E-state index contributed by atoms with van der Waals surface area (Å²) in [5, 5.41) is 13.5. The smallest absolute Gasteiger partial charge is 0.141 e. The molecule has 1 saturated carbocycles. The van der Waals surface area contributed by atoms with Gasteiger partial charge in [0.25, 0.3) is 0 Å². The Morgan fingerprint density at radius 1 is 1.50 bits per heavy atom. The van der Waals surface area contributed by atoms with E-state index in [1.165, 1.54) is 19.3 Å². The minimum absolute atomic E-state index is 0.217. The molecule has 0 amide bonds. The van der Waals surface area contributed by atoms with Gasteiger partial charge in [0.2, 0.25) is 0 Å². The molecule has 0 aliphatic heterocycles. The fourth-order valence-corrected chi connectivity index (χ4v) is 2.36. The van der Waals surface area contributed by atoms with Crippen LogP contribution in [0.25, 0.3) is 0 Å². The van der Waals surface area contributed by atoms with E-state index in [0.717, 1.165) is 25.5 Å². The number of aromatic nitrogens is 3. The van der Waals surface area contributed by atoms with Crippen molar-refractivity contribution >= 4 is 0 Å². The highest BCUT2D eigenvalue weighted by molar-refractivity contribution is 4.89. The molecule has 102 valence electrons. The van der Waals surface area contributed by atoms with Gasteiger partial charge in [-0.2, -0.15) is 5.10 Å². The summed E-state index contributed by atoms with van der Waals surface area (Å²) < 4.78 is 1.99. The Morgan fingerprint density at radius 2 is 2.28 bits per heavy atom. The van der Waals surface area contributed by atoms with E-state index in [1.54, 1.807) is 6.33 Å². The number of rotatable bonds is 7. The van der Waals surface area contributed by atoms with Crippen molar-refractivity contribution in [2.45, 2.75) is 52.2 Å². The molecule has 0 atom stereocenters. The predicted molar refractivity (Wildman–Crippen MR) is 70.0 cm³/mol. The summed E-state index contributed by atoms with van der Waals surface area (Å²) >= 11 is 0. The molecule has 5 nitrogen and oxygen atoms in total. The van der Waals surface area contributed by atoms with Crippen LogP contribution in [0.5, 0.6) is 0 Å². The Kier molecular flexibility index (Phi) is 4.72. The van der Waals surface area contributed by atoms with Crippen LogP contribution in [0, 0.1) is 5.92 Å². The second-order valence-electron chi connectivity index (χ2n) is 5.53. The van der Waals surface area contributed by atoms with Crippen LogP contribution >= 0.6 is 0 Å². The molecule has 2 rings (SSSR count). The standard InChI is InChI=1S/C13H24N4O/c1-11(2)8-17-13(14-10-15-17)9-16(6-7-18)12-4-3-5-12/h10-12,18H,3-9H2,1-2H3. The molecule has 1 aliphatic rings. The lowest BCUT2D eigenvalue weighted by Gasteiger charge is -2.36. The Labute approximate surface area is 109 Å². The van der Waals surface area contributed by atoms with Crippen LogP contribution in [-0.4, -0.2) is 44.0 Å². The van der Waals surface area contributed by atoms with Crippen molar-refractivity contribution in [1.29, 1.82) is 0 Å². The summed E-state index contributed by atoms with van der Waals surface area (Å²) in [6.07, 6.45) is 5.44. The first-order valence-corrected chi connectivity index (χ1v) is 6.92. The first-order valence-electron chi connectivity index (χ1n) is 6.92. The van der Waals surface area contributed by atoms with Gasteiger partial charge in [0, 0.05) is 19.1 Å². The Balaban J connectivity index is 1.99. The molecule has 1 heterocycles. The fourth-order valence-electron chi connectivity index (χ4n) is 2.36. The van der Waals surface area contributed by atoms with Gasteiger partial charge in [-0.25, -0.2) is 9.67 Å². The van der Waals surface area contributed by atoms with Gasteiger partial charge in [0.1, 0.15) is 12.2 Å². The van der Waals surface area contributed by atoms with Crippen LogP contribution in [0.1, 0.15) is 38.9 Å². The van der Waals surface area contributed by atoms with Crippen LogP contribution in [0.15, 0.2) is 6.33 Å². The number of hydrogen-bond acceptors (Lipinski definition) is 4. The Morgan fingerprint density at radius 3 is 2.83 bits per heavy atom. The summed E-state index contributed by atoms with van der Waals surface area (Å²) in [4.78, 5) is 6.70. The third-order valence-electron chi connectivity index (χ3n) is 3.56. The molecule has 1 aromatic heterocycles. The zero-order valence-electron chi connectivity index (χ0n) is 11.4. The van der Waals surface area contributed by atoms with Gasteiger partial charge >= 0.3 is 0 Å². The summed E-state index contributed by atoms with van der Waals surface area (Å²) in [6.45, 7) is 7.03. The highest BCUT2D eigenvalue weighted by Crippen LogP contribution is 2.25. The predicted octanol–water partition coefficient (Wildman–Crippen LogP) is 1.28. The van der Waals surface area contributed by atoms with E-state index in [1.807, 2.05) is 4.68 Å². The van der Waals surface area contributed by atoms with E-state index in [2.05, 4.69) is 28.8 Å². The minimum Gasteiger partial charge on any atom is -0.395 e. The summed E-state index contributed by atoms with van der Waals surface area (Å²) in [5.41, 5.74) is 0. The molecule has 0 bridgehead atoms. The Hall–Kier alpha value is -0.940. The molecule has 1 aliphatic carbocycles. The second kappa shape index (κ2) is 6.29. The molecule has 0 radical (unpaired) electrons. The van der Waals surface area contributed by atoms with Gasteiger partial charge in [-0.05, 0) is 18.8 Å². The first kappa shape index (κ1) is 13.5. The average Bonchev–Trinajstić information content (AvgIpc) is 2.62. The zero-order valence-corrected chi connectivity index (χ0v) is 11.4. The minimum atomic E-state index is 0.217. The SMILES string of the molecule is CC(C)Cn1ncnc1CN(CCO)C1CCC1. The molecule has 18 heavy (non-hydrogen) atoms. The average molecular weight is 252 g/mol. The molecule has 0 spiro atoms. The van der Waals surface area contributed by atoms with E-state index < -0.39 is 0 Å². The van der Waals surface area contributed by atoms with Crippen LogP contribution in [-0.2, 0) is 13.1 Å². The molecular formula is C13H24N4O. The Bertz CT molecular complexity index is 360. The van der Waals surface area contributed by atoms with E-state index in [0.29, 0.717) is 12.0 Å². The van der Waals surface area contributed by atoms with Gasteiger partial charge < -0.3 is 5.11 Å². The number of nitrogens with zero attached hydrogens (tertiary/aromatic N) is 4. The fraction of sp³-hybridized carbons (Fsp3) is 0.846. The lowest BCUT2D eigenvalue weighted by molar-refractivity contribution is 0.0902. The van der Waals surface area contributed by atoms with Crippen LogP contribution in [0.4, 0.5) is 0 Å². The lowest BCUT2D eigenvalue weighted by atomic mass is 9.91. The van der Waals surface area contributed by atoms with Gasteiger partial charge in [-0.3, -0.25) is 4.90 Å². The summed E-state index contributed by atoms with van der Waals surface area (Å²) in [5.74, 6) is 1.59. The monoisotopic (exact) mass is 252 g/mol. The van der Waals surface area contributed by atoms with Crippen molar-refractivity contribution < 1.29 is 5.11 Å². The van der Waals surface area contributed by atoms with Crippen molar-refractivity contribution in [3.8, 4) is 0 Å². The van der Waals surface area contributed by atoms with Crippen LogP contribution < -0.4 is 0 Å². The first-order chi connectivity index (χ1) is 8.70. The maximum Gasteiger partial charge on any atom is 0.141 e. The molecule has 0 unspecified atom stereocenters. The molecule has 0 saturated heterocycles. The van der Waals surface area contributed by atoms with Gasteiger partial charge in [-0.15, -0.1) is 0 Å². The van der Waals surface area contributed by atoms with Crippen LogP contribution in [0.3, 0.4) is 0 Å². The molecule has 5 heteroatoms. The van der Waals surface area contributed by atoms with Gasteiger partial charge in [-0.1, -0.05) is 20.3 Å². The van der Waals surface area contributed by atoms with E-state index in [9.17, 15) is 0 Å². The molecule has 1 N–H and O–H groups in total. The highest BCUT2D eigenvalue weighted by atomic mass is 16.3. The lowest BCUT2D eigenvalue weighted by Crippen LogP contribution is -2.41. The maximum absolute atomic E-state index is 9.16. The quantitative estimate of drug-likeness (QED) is 0.794. The molecule has 0 aromatic carbocycles. The zero-order chi connectivity index (χ0) is 13.0. The van der Waals surface area contributed by atoms with Crippen LogP contribution in [0.2, 0.25) is 0 Å². The van der Waals surface area contributed by atoms with Crippen molar-refractivity contribution in [3.05, 3.63) is 12.2 Å². The largest absolute Gasteiger partial charge is 0.395 e. The highest BCUT2D eigenvalue weighted by Gasteiger charge is 2.25. The van der Waals surface area contributed by atoms with Crippen molar-refractivity contribution in [3.63, 3.8) is 0 Å². The van der Waals surface area contributed by atoms with Crippen molar-refractivity contribution in [2.75, 3.05) is 13.2 Å². The van der Waals surface area contributed by atoms with E-state index in [4.69, 9.17) is 5.11 Å². The summed E-state index contributed by atoms with van der Waals surface area (Å²) in [6, 6.07) is 0.626. The third-order valence-corrected chi connectivity index (χ3v) is 3.56. The third kappa shape index (κ3) is 3.29. The molecular weight excluding hydrogens is 228 g/mol. The number of aliphatic hydroxyl groups excluding tert-OH is 1. The van der Waals surface area contributed by atoms with E-state index >= 15 is 0 Å². The normalized spacial score (nSPS) is 16.5. The maximum atomic E-state index is 9.16. The molecule has 1 fully saturated rings. The number of aliphatic hydroxyl groups is 1. The number of hydrogen-bond donors (Lipinski definition) is 1. The summed E-state index contributed by atoms with van der Waals surface area (Å²) in [7, 11) is 0. The van der Waals surface area contributed by atoms with Crippen molar-refractivity contribution in [1.82, 2.24) is 19.7 Å². The van der Waals surface area contributed by atoms with Gasteiger partial charge in [0.15, 0.2) is 0 Å². The second-order valence-corrected chi connectivity index (χ2v) is 5.53.